The molecule has 0 aliphatic heterocycles. The van der Waals surface area contributed by atoms with Gasteiger partial charge in [-0.25, -0.2) is 18.5 Å². The second-order valence-electron chi connectivity index (χ2n) is 3.57. The lowest BCUT2D eigenvalue weighted by Gasteiger charge is -2.07. The predicted octanol–water partition coefficient (Wildman–Crippen LogP) is 1.70. The number of aromatic nitrogens is 2. The summed E-state index contributed by atoms with van der Waals surface area (Å²) in [5.74, 6) is -1.52. The zero-order chi connectivity index (χ0) is 14.0. The second-order valence-corrected chi connectivity index (χ2v) is 4.00. The summed E-state index contributed by atoms with van der Waals surface area (Å²) in [6, 6.07) is 5.41. The molecule has 1 amide bonds. The molecule has 2 rings (SSSR count). The number of benzene rings is 1. The SMILES string of the molecule is Nc1nc(=O)n(C(=O)Nc2cccc(Cl)c2)cc1F. The number of halogens is 2. The van der Waals surface area contributed by atoms with Crippen LogP contribution >= 0.6 is 11.6 Å². The van der Waals surface area contributed by atoms with E-state index in [-0.39, 0.29) is 0 Å². The number of nitrogens with zero attached hydrogens (tertiary/aromatic N) is 2. The second kappa shape index (κ2) is 5.07. The topological polar surface area (TPSA) is 90.0 Å². The van der Waals surface area contributed by atoms with Crippen molar-refractivity contribution in [3.63, 3.8) is 0 Å². The van der Waals surface area contributed by atoms with Crippen LogP contribution in [0.2, 0.25) is 5.02 Å². The molecular weight excluding hydrogens is 275 g/mol. The van der Waals surface area contributed by atoms with E-state index in [9.17, 15) is 14.0 Å². The zero-order valence-electron chi connectivity index (χ0n) is 9.43. The summed E-state index contributed by atoms with van der Waals surface area (Å²) in [7, 11) is 0. The molecule has 0 aliphatic rings. The molecule has 0 aliphatic carbocycles. The van der Waals surface area contributed by atoms with Crippen molar-refractivity contribution in [2.45, 2.75) is 0 Å². The number of nitrogens with two attached hydrogens (primary N) is 1. The van der Waals surface area contributed by atoms with Gasteiger partial charge >= 0.3 is 11.7 Å². The van der Waals surface area contributed by atoms with Crippen LogP contribution in [0.3, 0.4) is 0 Å². The van der Waals surface area contributed by atoms with Crippen molar-refractivity contribution >= 4 is 29.1 Å². The number of anilines is 2. The third kappa shape index (κ3) is 2.89. The summed E-state index contributed by atoms with van der Waals surface area (Å²) in [6.07, 6.45) is 0.671. The molecule has 0 saturated heterocycles. The van der Waals surface area contributed by atoms with Crippen molar-refractivity contribution in [1.82, 2.24) is 9.55 Å². The molecule has 8 heteroatoms. The van der Waals surface area contributed by atoms with E-state index < -0.39 is 23.4 Å². The van der Waals surface area contributed by atoms with Crippen LogP contribution in [0.4, 0.5) is 20.7 Å². The molecule has 1 aromatic carbocycles. The van der Waals surface area contributed by atoms with Crippen LogP contribution in [0.1, 0.15) is 0 Å². The van der Waals surface area contributed by atoms with Crippen LogP contribution in [0.15, 0.2) is 35.3 Å². The quantitative estimate of drug-likeness (QED) is 0.833. The van der Waals surface area contributed by atoms with Gasteiger partial charge in [0.15, 0.2) is 11.6 Å². The minimum Gasteiger partial charge on any atom is -0.381 e. The first-order chi connectivity index (χ1) is 8.97. The van der Waals surface area contributed by atoms with Gasteiger partial charge in [0.2, 0.25) is 0 Å². The first-order valence-corrected chi connectivity index (χ1v) is 5.47. The molecule has 0 bridgehead atoms. The van der Waals surface area contributed by atoms with Gasteiger partial charge in [-0.3, -0.25) is 0 Å². The van der Waals surface area contributed by atoms with E-state index in [2.05, 4.69) is 10.3 Å². The van der Waals surface area contributed by atoms with Gasteiger partial charge in [-0.15, -0.1) is 0 Å². The summed E-state index contributed by atoms with van der Waals surface area (Å²) >= 11 is 5.74. The first-order valence-electron chi connectivity index (χ1n) is 5.09. The van der Waals surface area contributed by atoms with E-state index in [1.807, 2.05) is 0 Å². The van der Waals surface area contributed by atoms with Gasteiger partial charge < -0.3 is 11.1 Å². The van der Waals surface area contributed by atoms with Crippen molar-refractivity contribution in [2.75, 3.05) is 11.1 Å². The third-order valence-electron chi connectivity index (χ3n) is 2.20. The van der Waals surface area contributed by atoms with E-state index >= 15 is 0 Å². The van der Waals surface area contributed by atoms with Gasteiger partial charge in [0, 0.05) is 10.7 Å². The standard InChI is InChI=1S/C11H8ClFN4O2/c12-6-2-1-3-7(4-6)15-10(18)17-5-8(13)9(14)16-11(17)19/h1-5H,(H,15,18)(H2,14,16,19). The van der Waals surface area contributed by atoms with Gasteiger partial charge in [-0.2, -0.15) is 4.98 Å². The third-order valence-corrected chi connectivity index (χ3v) is 2.44. The Morgan fingerprint density at radius 3 is 2.89 bits per heavy atom. The van der Waals surface area contributed by atoms with E-state index in [1.54, 1.807) is 18.2 Å². The molecule has 0 atom stereocenters. The summed E-state index contributed by atoms with van der Waals surface area (Å²) in [5, 5.41) is 2.79. The molecule has 6 nitrogen and oxygen atoms in total. The largest absolute Gasteiger partial charge is 0.381 e. The molecule has 0 fully saturated rings. The smallest absolute Gasteiger partial charge is 0.357 e. The van der Waals surface area contributed by atoms with Crippen LogP contribution in [-0.2, 0) is 0 Å². The van der Waals surface area contributed by atoms with E-state index in [0.717, 1.165) is 0 Å². The monoisotopic (exact) mass is 282 g/mol. The fraction of sp³-hybridized carbons (Fsp3) is 0. The van der Waals surface area contributed by atoms with Gasteiger partial charge in [0.05, 0.1) is 6.20 Å². The maximum atomic E-state index is 13.2. The Morgan fingerprint density at radius 2 is 2.21 bits per heavy atom. The Labute approximate surface area is 111 Å². The Hall–Kier alpha value is -2.41. The van der Waals surface area contributed by atoms with Crippen LogP contribution < -0.4 is 16.7 Å². The molecule has 0 radical (unpaired) electrons. The average Bonchev–Trinajstić information content (AvgIpc) is 2.33. The molecule has 3 N–H and O–H groups in total. The van der Waals surface area contributed by atoms with Crippen LogP contribution in [0.5, 0.6) is 0 Å². The maximum Gasteiger partial charge on any atom is 0.357 e. The number of amides is 1. The van der Waals surface area contributed by atoms with Gasteiger partial charge in [-0.05, 0) is 18.2 Å². The average molecular weight is 283 g/mol. The number of carbonyl (C=O) groups excluding carboxylic acids is 1. The Kier molecular flexibility index (Phi) is 3.48. The normalized spacial score (nSPS) is 10.2. The van der Waals surface area contributed by atoms with Crippen LogP contribution in [0, 0.1) is 5.82 Å². The van der Waals surface area contributed by atoms with E-state index in [0.29, 0.717) is 21.5 Å². The fourth-order valence-corrected chi connectivity index (χ4v) is 1.53. The molecule has 1 heterocycles. The number of rotatable bonds is 1. The van der Waals surface area contributed by atoms with Crippen molar-refractivity contribution in [2.24, 2.45) is 0 Å². The lowest BCUT2D eigenvalue weighted by Crippen LogP contribution is -2.33. The Morgan fingerprint density at radius 1 is 1.47 bits per heavy atom. The number of hydrogen-bond donors (Lipinski definition) is 2. The van der Waals surface area contributed by atoms with Crippen molar-refractivity contribution in [3.05, 3.63) is 51.8 Å². The molecule has 0 unspecified atom stereocenters. The molecule has 0 spiro atoms. The lowest BCUT2D eigenvalue weighted by atomic mass is 10.3. The molecule has 19 heavy (non-hydrogen) atoms. The maximum absolute atomic E-state index is 13.2. The first kappa shape index (κ1) is 13.0. The Bertz CT molecular complexity index is 701. The molecule has 0 saturated carbocycles. The number of carbonyl (C=O) groups is 1. The van der Waals surface area contributed by atoms with Crippen molar-refractivity contribution in [3.8, 4) is 0 Å². The van der Waals surface area contributed by atoms with Crippen molar-refractivity contribution < 1.29 is 9.18 Å². The molecule has 2 aromatic rings. The van der Waals surface area contributed by atoms with Gasteiger partial charge in [0.25, 0.3) is 0 Å². The molecular formula is C11H8ClFN4O2. The highest BCUT2D eigenvalue weighted by Crippen LogP contribution is 2.15. The van der Waals surface area contributed by atoms with E-state index in [4.69, 9.17) is 17.3 Å². The number of hydrogen-bond acceptors (Lipinski definition) is 4. The highest BCUT2D eigenvalue weighted by molar-refractivity contribution is 6.30. The summed E-state index contributed by atoms with van der Waals surface area (Å²) < 4.78 is 13.7. The predicted molar refractivity (Wildman–Crippen MR) is 68.7 cm³/mol. The van der Waals surface area contributed by atoms with Gasteiger partial charge in [-0.1, -0.05) is 17.7 Å². The highest BCUT2D eigenvalue weighted by atomic mass is 35.5. The zero-order valence-corrected chi connectivity index (χ0v) is 10.2. The lowest BCUT2D eigenvalue weighted by molar-refractivity contribution is 0.252. The highest BCUT2D eigenvalue weighted by Gasteiger charge is 2.12. The minimum absolute atomic E-state index is 0.363. The number of nitrogens with one attached hydrogen (secondary N) is 1. The summed E-state index contributed by atoms with van der Waals surface area (Å²) in [5.41, 5.74) is 4.50. The summed E-state index contributed by atoms with van der Waals surface area (Å²) in [6.45, 7) is 0. The molecule has 98 valence electrons. The summed E-state index contributed by atoms with van der Waals surface area (Å²) in [4.78, 5) is 26.4. The van der Waals surface area contributed by atoms with E-state index in [1.165, 1.54) is 6.07 Å². The van der Waals surface area contributed by atoms with Crippen molar-refractivity contribution in [1.29, 1.82) is 0 Å². The number of nitrogen functional groups attached to an aromatic ring is 1. The molecule has 1 aromatic heterocycles. The fourth-order valence-electron chi connectivity index (χ4n) is 1.34. The van der Waals surface area contributed by atoms with Gasteiger partial charge in [0.1, 0.15) is 0 Å². The van der Waals surface area contributed by atoms with Crippen LogP contribution in [0.25, 0.3) is 0 Å². The van der Waals surface area contributed by atoms with Crippen LogP contribution in [-0.4, -0.2) is 15.6 Å². The Balaban J connectivity index is 2.30. The minimum atomic E-state index is -0.974.